The summed E-state index contributed by atoms with van der Waals surface area (Å²) in [5.74, 6) is 0. The number of aliphatic imine (C=N–C) groups is 1. The van der Waals surface area contributed by atoms with E-state index >= 15 is 0 Å². The highest BCUT2D eigenvalue weighted by atomic mass is 32.1. The normalized spacial score (nSPS) is 15.2. The van der Waals surface area contributed by atoms with Gasteiger partial charge in [-0.05, 0) is 46.5 Å². The lowest BCUT2D eigenvalue weighted by molar-refractivity contribution is 0.282. The van der Waals surface area contributed by atoms with Crippen LogP contribution in [0.25, 0.3) is 58.8 Å². The van der Waals surface area contributed by atoms with Crippen molar-refractivity contribution in [2.24, 2.45) is 4.99 Å². The van der Waals surface area contributed by atoms with Gasteiger partial charge in [0.1, 0.15) is 0 Å². The molecule has 3 nitrogen and oxygen atoms in total. The molecule has 8 aromatic rings. The van der Waals surface area contributed by atoms with Crippen molar-refractivity contribution in [1.29, 1.82) is 0 Å². The lowest BCUT2D eigenvalue weighted by Gasteiger charge is -2.35. The summed E-state index contributed by atoms with van der Waals surface area (Å²) >= 11 is 1.89. The van der Waals surface area contributed by atoms with Gasteiger partial charge in [0.15, 0.2) is 0 Å². The molecule has 1 atom stereocenters. The summed E-state index contributed by atoms with van der Waals surface area (Å²) in [6.07, 6.45) is 1.94. The van der Waals surface area contributed by atoms with Crippen molar-refractivity contribution in [3.8, 4) is 11.1 Å². The molecule has 214 valence electrons. The molecule has 0 amide bonds. The van der Waals surface area contributed by atoms with Crippen LogP contribution in [0.1, 0.15) is 17.4 Å². The summed E-state index contributed by atoms with van der Waals surface area (Å²) in [7, 11) is 2.17. The maximum Gasteiger partial charge on any atom is 0.203 e. The fraction of sp³-hybridized carbons (Fsp3) is 0.0488. The number of rotatable bonds is 4. The largest absolute Gasteiger partial charge is 0.335 e. The Morgan fingerprint density at radius 3 is 1.96 bits per heavy atom. The zero-order valence-electron chi connectivity index (χ0n) is 24.8. The Labute approximate surface area is 265 Å². The van der Waals surface area contributed by atoms with Gasteiger partial charge in [0.2, 0.25) is 6.29 Å². The second-order valence-corrected chi connectivity index (χ2v) is 12.7. The molecule has 0 spiro atoms. The van der Waals surface area contributed by atoms with Crippen LogP contribution >= 0.6 is 11.3 Å². The number of nitrogens with zero attached hydrogens (tertiary/aromatic N) is 3. The third kappa shape index (κ3) is 4.14. The van der Waals surface area contributed by atoms with E-state index in [2.05, 4.69) is 168 Å². The van der Waals surface area contributed by atoms with Gasteiger partial charge in [-0.2, -0.15) is 0 Å². The molecule has 45 heavy (non-hydrogen) atoms. The lowest BCUT2D eigenvalue weighted by Crippen LogP contribution is -2.31. The van der Waals surface area contributed by atoms with E-state index in [0.717, 1.165) is 17.0 Å². The average molecular weight is 596 g/mol. The highest BCUT2D eigenvalue weighted by molar-refractivity contribution is 7.26. The minimum atomic E-state index is -0.293. The fourth-order valence-electron chi connectivity index (χ4n) is 6.87. The number of fused-ring (bicyclic) bond motifs is 7. The second kappa shape index (κ2) is 10.3. The van der Waals surface area contributed by atoms with Gasteiger partial charge in [0.25, 0.3) is 0 Å². The molecule has 0 N–H and O–H groups in total. The molecule has 1 unspecified atom stereocenters. The quantitative estimate of drug-likeness (QED) is 0.198. The van der Waals surface area contributed by atoms with Crippen LogP contribution in [0.5, 0.6) is 0 Å². The number of thiophene rings is 1. The van der Waals surface area contributed by atoms with Crippen molar-refractivity contribution in [2.45, 2.75) is 6.29 Å². The van der Waals surface area contributed by atoms with Crippen LogP contribution in [0.15, 0.2) is 157 Å². The van der Waals surface area contributed by atoms with Crippen molar-refractivity contribution in [3.05, 3.63) is 163 Å². The fourth-order valence-corrected chi connectivity index (χ4v) is 8.13. The molecule has 0 aliphatic carbocycles. The van der Waals surface area contributed by atoms with Crippen LogP contribution in [0.3, 0.4) is 0 Å². The summed E-state index contributed by atoms with van der Waals surface area (Å²) in [6.45, 7) is 0. The Morgan fingerprint density at radius 1 is 0.556 bits per heavy atom. The summed E-state index contributed by atoms with van der Waals surface area (Å²) in [5.41, 5.74) is 9.19. The summed E-state index contributed by atoms with van der Waals surface area (Å²) in [6, 6.07) is 52.2. The Kier molecular flexibility index (Phi) is 5.97. The van der Waals surface area contributed by atoms with E-state index in [4.69, 9.17) is 4.99 Å². The van der Waals surface area contributed by atoms with E-state index in [1.807, 2.05) is 11.3 Å². The molecule has 6 aromatic carbocycles. The molecule has 0 saturated carbocycles. The summed E-state index contributed by atoms with van der Waals surface area (Å²) < 4.78 is 5.10. The Hall–Kier alpha value is -5.45. The molecule has 9 rings (SSSR count). The van der Waals surface area contributed by atoms with Gasteiger partial charge in [-0.25, -0.2) is 4.99 Å². The third-order valence-corrected chi connectivity index (χ3v) is 10.2. The average Bonchev–Trinajstić information content (AvgIpc) is 3.65. The number of allylic oxidation sites excluding steroid dienone is 1. The highest BCUT2D eigenvalue weighted by Gasteiger charge is 2.29. The molecular formula is C41H29N3S. The van der Waals surface area contributed by atoms with Crippen molar-refractivity contribution in [1.82, 2.24) is 9.47 Å². The minimum absolute atomic E-state index is 0.293. The third-order valence-electron chi connectivity index (χ3n) is 9.04. The first-order valence-electron chi connectivity index (χ1n) is 15.3. The molecule has 0 radical (unpaired) electrons. The van der Waals surface area contributed by atoms with Crippen molar-refractivity contribution in [2.75, 3.05) is 7.05 Å². The van der Waals surface area contributed by atoms with E-state index in [0.29, 0.717) is 0 Å². The predicted octanol–water partition coefficient (Wildman–Crippen LogP) is 10.8. The number of aromatic nitrogens is 1. The lowest BCUT2D eigenvalue weighted by atomic mass is 10.0. The molecule has 1 aliphatic heterocycles. The Balaban J connectivity index is 1.37. The maximum absolute atomic E-state index is 5.51. The molecular weight excluding hydrogens is 567 g/mol. The number of hydrogen-bond donors (Lipinski definition) is 0. The molecule has 0 saturated heterocycles. The highest BCUT2D eigenvalue weighted by Crippen LogP contribution is 2.45. The topological polar surface area (TPSA) is 20.5 Å². The first-order chi connectivity index (χ1) is 22.2. The van der Waals surface area contributed by atoms with Gasteiger partial charge >= 0.3 is 0 Å². The van der Waals surface area contributed by atoms with Crippen LogP contribution in [0, 0.1) is 0 Å². The van der Waals surface area contributed by atoms with Gasteiger partial charge in [-0.1, -0.05) is 127 Å². The van der Waals surface area contributed by atoms with E-state index < -0.39 is 0 Å². The first kappa shape index (κ1) is 26.0. The molecule has 4 heteroatoms. The van der Waals surface area contributed by atoms with Crippen molar-refractivity contribution in [3.63, 3.8) is 0 Å². The Bertz CT molecular complexity index is 2430. The maximum atomic E-state index is 5.51. The van der Waals surface area contributed by atoms with Crippen LogP contribution in [-0.2, 0) is 0 Å². The van der Waals surface area contributed by atoms with Crippen LogP contribution in [0.4, 0.5) is 0 Å². The van der Waals surface area contributed by atoms with Gasteiger partial charge < -0.3 is 9.47 Å². The SMILES string of the molecule is CN1C(c2ccccc2)=CC(c2ccccc2)=NC1n1c2cc(-c3ccccc3)ccc2c2c3sc4ccccc4c3ccc21. The van der Waals surface area contributed by atoms with E-state index in [-0.39, 0.29) is 6.29 Å². The van der Waals surface area contributed by atoms with Gasteiger partial charge in [-0.15, -0.1) is 11.3 Å². The van der Waals surface area contributed by atoms with E-state index in [1.54, 1.807) is 0 Å². The second-order valence-electron chi connectivity index (χ2n) is 11.6. The van der Waals surface area contributed by atoms with Crippen molar-refractivity contribution < 1.29 is 0 Å². The van der Waals surface area contributed by atoms with Gasteiger partial charge in [0, 0.05) is 43.7 Å². The summed E-state index contributed by atoms with van der Waals surface area (Å²) in [5, 5.41) is 5.17. The Morgan fingerprint density at radius 2 is 1.20 bits per heavy atom. The van der Waals surface area contributed by atoms with Crippen molar-refractivity contribution >= 4 is 64.7 Å². The monoisotopic (exact) mass is 595 g/mol. The van der Waals surface area contributed by atoms with E-state index in [1.165, 1.54) is 58.7 Å². The molecule has 2 aromatic heterocycles. The van der Waals surface area contributed by atoms with Crippen LogP contribution < -0.4 is 0 Å². The smallest absolute Gasteiger partial charge is 0.203 e. The van der Waals surface area contributed by atoms with E-state index in [9.17, 15) is 0 Å². The minimum Gasteiger partial charge on any atom is -0.335 e. The van der Waals surface area contributed by atoms with Crippen LogP contribution in [-0.4, -0.2) is 22.2 Å². The zero-order valence-corrected chi connectivity index (χ0v) is 25.6. The number of hydrogen-bond acceptors (Lipinski definition) is 3. The van der Waals surface area contributed by atoms with Crippen LogP contribution in [0.2, 0.25) is 0 Å². The van der Waals surface area contributed by atoms with Gasteiger partial charge in [0.05, 0.1) is 16.7 Å². The standard InChI is InChI=1S/C41H29N3S/c1-43-36(29-17-9-4-10-18-29)26-34(28-15-7-3-8-16-28)42-41(43)44-35-24-23-32-31-19-11-12-20-38(31)45-40(32)39(35)33-22-21-30(25-37(33)44)27-13-5-2-6-14-27/h2-26,41H,1H3. The molecule has 3 heterocycles. The summed E-state index contributed by atoms with van der Waals surface area (Å²) in [4.78, 5) is 7.83. The zero-order chi connectivity index (χ0) is 29.9. The first-order valence-corrected chi connectivity index (χ1v) is 16.1. The molecule has 0 fully saturated rings. The predicted molar refractivity (Wildman–Crippen MR) is 192 cm³/mol. The number of benzene rings is 6. The van der Waals surface area contributed by atoms with Gasteiger partial charge in [-0.3, -0.25) is 0 Å². The molecule has 1 aliphatic rings. The molecule has 0 bridgehead atoms.